The third kappa shape index (κ3) is 7.02. The first-order valence-electron chi connectivity index (χ1n) is 10.7. The molecule has 0 aliphatic carbocycles. The van der Waals surface area contributed by atoms with E-state index in [1.807, 2.05) is 17.0 Å². The summed E-state index contributed by atoms with van der Waals surface area (Å²) in [6.07, 6.45) is 4.26. The van der Waals surface area contributed by atoms with Gasteiger partial charge >= 0.3 is 0 Å². The van der Waals surface area contributed by atoms with Crippen LogP contribution >= 0.6 is 11.8 Å². The number of hydrogen-bond donors (Lipinski definition) is 1. The molecule has 2 amide bonds. The highest BCUT2D eigenvalue weighted by Crippen LogP contribution is 2.24. The number of nitrogens with one attached hydrogen (secondary N) is 1. The van der Waals surface area contributed by atoms with Gasteiger partial charge in [0.2, 0.25) is 11.8 Å². The quantitative estimate of drug-likeness (QED) is 0.630. The molecule has 2 aromatic rings. The number of carbonyl (C=O) groups excluding carboxylic acids is 2. The molecule has 31 heavy (non-hydrogen) atoms. The molecule has 0 spiro atoms. The number of aromatic nitrogens is 1. The summed E-state index contributed by atoms with van der Waals surface area (Å²) in [5, 5.41) is 6.12. The van der Waals surface area contributed by atoms with Gasteiger partial charge in [-0.2, -0.15) is 0 Å². The van der Waals surface area contributed by atoms with Crippen molar-refractivity contribution in [1.29, 1.82) is 0 Å². The van der Waals surface area contributed by atoms with Crippen molar-refractivity contribution < 1.29 is 18.8 Å². The smallest absolute Gasteiger partial charge is 0.238 e. The third-order valence-corrected chi connectivity index (χ3v) is 6.80. The van der Waals surface area contributed by atoms with Crippen LogP contribution in [-0.2, 0) is 16.0 Å². The fourth-order valence-electron chi connectivity index (χ4n) is 3.65. The van der Waals surface area contributed by atoms with Crippen LogP contribution < -0.4 is 10.1 Å². The Labute approximate surface area is 187 Å². The van der Waals surface area contributed by atoms with E-state index in [4.69, 9.17) is 9.26 Å². The van der Waals surface area contributed by atoms with Crippen LogP contribution in [0.3, 0.4) is 0 Å². The van der Waals surface area contributed by atoms with Crippen LogP contribution in [0.25, 0.3) is 0 Å². The predicted octanol–water partition coefficient (Wildman–Crippen LogP) is 3.92. The van der Waals surface area contributed by atoms with Crippen LogP contribution in [0.15, 0.2) is 34.9 Å². The number of nitrogens with zero attached hydrogens (tertiary/aromatic N) is 2. The van der Waals surface area contributed by atoms with Crippen molar-refractivity contribution in [3.05, 3.63) is 41.7 Å². The van der Waals surface area contributed by atoms with E-state index in [-0.39, 0.29) is 17.1 Å². The number of amides is 2. The minimum atomic E-state index is -0.344. The molecule has 168 valence electrons. The molecule has 1 aromatic heterocycles. The molecule has 1 unspecified atom stereocenters. The molecule has 1 N–H and O–H groups in total. The van der Waals surface area contributed by atoms with Crippen molar-refractivity contribution in [2.75, 3.05) is 31.3 Å². The number of carbonyl (C=O) groups is 2. The van der Waals surface area contributed by atoms with Crippen LogP contribution in [0.1, 0.15) is 37.5 Å². The molecule has 1 atom stereocenters. The fourth-order valence-corrected chi connectivity index (χ4v) is 4.44. The van der Waals surface area contributed by atoms with Gasteiger partial charge < -0.3 is 19.5 Å². The van der Waals surface area contributed by atoms with Gasteiger partial charge in [-0.15, -0.1) is 11.8 Å². The summed E-state index contributed by atoms with van der Waals surface area (Å²) < 4.78 is 10.2. The highest BCUT2D eigenvalue weighted by Gasteiger charge is 2.24. The van der Waals surface area contributed by atoms with Crippen molar-refractivity contribution in [3.63, 3.8) is 0 Å². The van der Waals surface area contributed by atoms with E-state index in [2.05, 4.69) is 22.6 Å². The maximum Gasteiger partial charge on any atom is 0.238 e. The third-order valence-electron chi connectivity index (χ3n) is 5.67. The first kappa shape index (κ1) is 23.2. The monoisotopic (exact) mass is 445 g/mol. The van der Waals surface area contributed by atoms with Gasteiger partial charge in [-0.25, -0.2) is 0 Å². The Kier molecular flexibility index (Phi) is 8.40. The van der Waals surface area contributed by atoms with Crippen molar-refractivity contribution in [2.24, 2.45) is 5.92 Å². The van der Waals surface area contributed by atoms with Crippen molar-refractivity contribution in [2.45, 2.75) is 44.8 Å². The summed E-state index contributed by atoms with van der Waals surface area (Å²) in [7, 11) is 1.68. The van der Waals surface area contributed by atoms with Gasteiger partial charge in [0, 0.05) is 19.2 Å². The number of rotatable bonds is 9. The van der Waals surface area contributed by atoms with Gasteiger partial charge in [0.15, 0.2) is 5.82 Å². The molecule has 1 fully saturated rings. The van der Waals surface area contributed by atoms with E-state index >= 15 is 0 Å². The fraction of sp³-hybridized carbons (Fsp3) is 0.522. The van der Waals surface area contributed by atoms with E-state index < -0.39 is 0 Å². The number of aryl methyl sites for hydroxylation is 2. The van der Waals surface area contributed by atoms with Gasteiger partial charge in [-0.1, -0.05) is 17.3 Å². The molecule has 0 radical (unpaired) electrons. The average molecular weight is 446 g/mol. The normalized spacial score (nSPS) is 15.5. The first-order valence-corrected chi connectivity index (χ1v) is 11.8. The standard InChI is InChI=1S/C23H31N3O4S/c1-16-14-21(25-30-16)24-23(28)17(2)31-15-22(27)26-12-10-19(11-13-26)5-4-18-6-8-20(29-3)9-7-18/h6-9,14,17,19H,4-5,10-13,15H2,1-3H3,(H,24,25,28). The molecule has 1 saturated heterocycles. The summed E-state index contributed by atoms with van der Waals surface area (Å²) in [6.45, 7) is 5.16. The van der Waals surface area contributed by atoms with E-state index in [0.29, 0.717) is 23.2 Å². The predicted molar refractivity (Wildman–Crippen MR) is 122 cm³/mol. The van der Waals surface area contributed by atoms with E-state index in [0.717, 1.165) is 44.5 Å². The molecule has 0 saturated carbocycles. The Bertz CT molecular complexity index is 860. The van der Waals surface area contributed by atoms with Gasteiger partial charge in [-0.3, -0.25) is 9.59 Å². The van der Waals surface area contributed by atoms with Crippen LogP contribution in [-0.4, -0.2) is 53.1 Å². The minimum absolute atomic E-state index is 0.107. The number of thioether (sulfide) groups is 1. The van der Waals surface area contributed by atoms with Crippen molar-refractivity contribution >= 4 is 29.4 Å². The van der Waals surface area contributed by atoms with Crippen LogP contribution in [0, 0.1) is 12.8 Å². The summed E-state index contributed by atoms with van der Waals surface area (Å²) in [4.78, 5) is 26.7. The Morgan fingerprint density at radius 1 is 1.29 bits per heavy atom. The van der Waals surface area contributed by atoms with E-state index in [1.54, 1.807) is 27.0 Å². The lowest BCUT2D eigenvalue weighted by Crippen LogP contribution is -2.40. The number of anilines is 1. The Morgan fingerprint density at radius 3 is 2.61 bits per heavy atom. The maximum absolute atomic E-state index is 12.6. The zero-order valence-corrected chi connectivity index (χ0v) is 19.2. The molecular weight excluding hydrogens is 414 g/mol. The summed E-state index contributed by atoms with van der Waals surface area (Å²) in [5.74, 6) is 2.81. The van der Waals surface area contributed by atoms with Crippen LogP contribution in [0.5, 0.6) is 5.75 Å². The topological polar surface area (TPSA) is 84.7 Å². The second-order valence-electron chi connectivity index (χ2n) is 7.98. The Morgan fingerprint density at radius 2 is 2.00 bits per heavy atom. The van der Waals surface area contributed by atoms with Crippen LogP contribution in [0.4, 0.5) is 5.82 Å². The summed E-state index contributed by atoms with van der Waals surface area (Å²) in [6, 6.07) is 9.91. The SMILES string of the molecule is COc1ccc(CCC2CCN(C(=O)CSC(C)C(=O)Nc3cc(C)on3)CC2)cc1. The van der Waals surface area contributed by atoms with Crippen LogP contribution in [0.2, 0.25) is 0 Å². The van der Waals surface area contributed by atoms with Gasteiger partial charge in [0.1, 0.15) is 11.5 Å². The number of ether oxygens (including phenoxy) is 1. The van der Waals surface area contributed by atoms with E-state index in [9.17, 15) is 9.59 Å². The largest absolute Gasteiger partial charge is 0.497 e. The first-order chi connectivity index (χ1) is 14.9. The lowest BCUT2D eigenvalue weighted by molar-refractivity contribution is -0.129. The Balaban J connectivity index is 1.34. The van der Waals surface area contributed by atoms with Gasteiger partial charge in [-0.05, 0) is 63.1 Å². The molecule has 2 heterocycles. The highest BCUT2D eigenvalue weighted by atomic mass is 32.2. The second kappa shape index (κ2) is 11.2. The lowest BCUT2D eigenvalue weighted by atomic mass is 9.90. The number of hydrogen-bond acceptors (Lipinski definition) is 6. The summed E-state index contributed by atoms with van der Waals surface area (Å²) in [5.41, 5.74) is 1.32. The highest BCUT2D eigenvalue weighted by molar-refractivity contribution is 8.01. The molecular formula is C23H31N3O4S. The van der Waals surface area contributed by atoms with Gasteiger partial charge in [0.25, 0.3) is 0 Å². The molecule has 1 aliphatic heterocycles. The number of benzene rings is 1. The zero-order valence-electron chi connectivity index (χ0n) is 18.4. The van der Waals surface area contributed by atoms with E-state index in [1.165, 1.54) is 17.3 Å². The summed E-state index contributed by atoms with van der Waals surface area (Å²) >= 11 is 1.35. The number of likely N-dealkylation sites (tertiary alicyclic amines) is 1. The second-order valence-corrected chi connectivity index (χ2v) is 9.31. The Hall–Kier alpha value is -2.48. The zero-order chi connectivity index (χ0) is 22.2. The van der Waals surface area contributed by atoms with Gasteiger partial charge in [0.05, 0.1) is 18.1 Å². The maximum atomic E-state index is 12.6. The molecule has 1 aliphatic rings. The number of piperidine rings is 1. The van der Waals surface area contributed by atoms with Crippen molar-refractivity contribution in [3.8, 4) is 5.75 Å². The number of methoxy groups -OCH3 is 1. The molecule has 8 heteroatoms. The lowest BCUT2D eigenvalue weighted by Gasteiger charge is -2.32. The molecule has 1 aromatic carbocycles. The minimum Gasteiger partial charge on any atom is -0.497 e. The average Bonchev–Trinajstić information content (AvgIpc) is 3.20. The van der Waals surface area contributed by atoms with Crippen molar-refractivity contribution in [1.82, 2.24) is 10.1 Å². The molecule has 7 nitrogen and oxygen atoms in total. The molecule has 3 rings (SSSR count). The molecule has 0 bridgehead atoms.